The van der Waals surface area contributed by atoms with E-state index in [4.69, 9.17) is 36.7 Å². The maximum atomic E-state index is 13.0. The fourth-order valence-corrected chi connectivity index (χ4v) is 20.3. The Morgan fingerprint density at radius 2 is 0.491 bits per heavy atom. The number of aliphatic hydroxyl groups is 2. The molecule has 0 fully saturated rings. The molecule has 0 radical (unpaired) electrons. The lowest BCUT2D eigenvalue weighted by Gasteiger charge is -2.29. The second kappa shape index (κ2) is 93.8. The van der Waals surface area contributed by atoms with E-state index in [1.807, 2.05) is 23.5 Å². The van der Waals surface area contributed by atoms with Crippen molar-refractivity contribution in [3.63, 3.8) is 0 Å². The van der Waals surface area contributed by atoms with Gasteiger partial charge in [-0.15, -0.1) is 23.5 Å². The first kappa shape index (κ1) is 118. The molecule has 0 aliphatic rings. The Balaban J connectivity index is 0. The SMILES string of the molecule is CCCCCCCCO[Si](C)(C)OC(CCCCCCC)OCCCCCCN(CCCCO)CCCCCCOC(=O)C(CCCCCCCC)SCCCCC.CCCCCCCCO[Si](C)(C)OC(CCCCCCC)OCCCCCCN(CCCCO)CCCCCCOC(=O)C(CCCCCCCC)SCCCCC. The Bertz CT molecular complexity index is 1810. The lowest BCUT2D eigenvalue weighted by atomic mass is 10.1. The highest BCUT2D eigenvalue weighted by molar-refractivity contribution is 8.00. The van der Waals surface area contributed by atoms with Crippen molar-refractivity contribution in [3.8, 4) is 0 Å². The Hall–Kier alpha value is -0.326. The third kappa shape index (κ3) is 85.8. The maximum absolute atomic E-state index is 13.0. The van der Waals surface area contributed by atoms with Crippen LogP contribution < -0.4 is 0 Å². The molecule has 0 aromatic rings. The van der Waals surface area contributed by atoms with Crippen molar-refractivity contribution in [2.75, 3.05) is 104 Å². The van der Waals surface area contributed by atoms with Crippen molar-refractivity contribution in [2.45, 2.75) is 516 Å². The molecule has 0 amide bonds. The van der Waals surface area contributed by atoms with Crippen molar-refractivity contribution >= 4 is 52.6 Å². The number of esters is 2. The van der Waals surface area contributed by atoms with Gasteiger partial charge in [-0.05, 0) is 218 Å². The lowest BCUT2D eigenvalue weighted by molar-refractivity contribution is -0.144. The summed E-state index contributed by atoms with van der Waals surface area (Å²) in [6.07, 6.45) is 75.9. The zero-order valence-corrected chi connectivity index (χ0v) is 83.2. The van der Waals surface area contributed by atoms with E-state index < -0.39 is 17.1 Å². The number of carbonyl (C=O) groups is 2. The minimum absolute atomic E-state index is 0.0115. The molecular formula is C98H202N2O12S2Si2. The zero-order valence-electron chi connectivity index (χ0n) is 79.6. The zero-order chi connectivity index (χ0) is 85.3. The molecule has 0 bridgehead atoms. The Labute approximate surface area is 733 Å². The van der Waals surface area contributed by atoms with E-state index in [9.17, 15) is 19.8 Å². The number of hydrogen-bond acceptors (Lipinski definition) is 16. The van der Waals surface area contributed by atoms with Gasteiger partial charge in [0.25, 0.3) is 0 Å². The number of hydrogen-bond donors (Lipinski definition) is 2. The minimum Gasteiger partial charge on any atom is -0.465 e. The van der Waals surface area contributed by atoms with E-state index in [0.29, 0.717) is 13.2 Å². The number of unbranched alkanes of at least 4 members (excludes halogenated alkanes) is 46. The van der Waals surface area contributed by atoms with E-state index >= 15 is 0 Å². The fourth-order valence-electron chi connectivity index (χ4n) is 14.9. The number of carbonyl (C=O) groups excluding carboxylic acids is 2. The molecule has 4 unspecified atom stereocenters. The molecule has 0 aliphatic carbocycles. The normalized spacial score (nSPS) is 13.1. The second-order valence-corrected chi connectivity index (χ2v) is 44.3. The predicted molar refractivity (Wildman–Crippen MR) is 511 cm³/mol. The van der Waals surface area contributed by atoms with Gasteiger partial charge in [0.15, 0.2) is 0 Å². The average Bonchev–Trinajstić information content (AvgIpc) is 0.904. The quantitative estimate of drug-likeness (QED) is 0.0257. The molecule has 2 N–H and O–H groups in total. The van der Waals surface area contributed by atoms with Gasteiger partial charge in [-0.3, -0.25) is 9.59 Å². The van der Waals surface area contributed by atoms with E-state index in [-0.39, 0.29) is 48.2 Å². The van der Waals surface area contributed by atoms with Gasteiger partial charge in [0.2, 0.25) is 0 Å². The average molecular weight is 1720 g/mol. The molecule has 696 valence electrons. The number of thioether (sulfide) groups is 2. The molecule has 116 heavy (non-hydrogen) atoms. The summed E-state index contributed by atoms with van der Waals surface area (Å²) >= 11 is 3.67. The van der Waals surface area contributed by atoms with Gasteiger partial charge < -0.3 is 56.7 Å². The van der Waals surface area contributed by atoms with Crippen LogP contribution in [-0.4, -0.2) is 176 Å². The summed E-state index contributed by atoms with van der Waals surface area (Å²) in [4.78, 5) is 31.2. The highest BCUT2D eigenvalue weighted by Crippen LogP contribution is 2.27. The van der Waals surface area contributed by atoms with Crippen LogP contribution in [0.15, 0.2) is 0 Å². The molecule has 0 aromatic heterocycles. The van der Waals surface area contributed by atoms with Crippen LogP contribution in [0, 0.1) is 0 Å². The van der Waals surface area contributed by atoms with Gasteiger partial charge in [0, 0.05) is 39.6 Å². The van der Waals surface area contributed by atoms with Gasteiger partial charge in [-0.25, -0.2) is 0 Å². The second-order valence-electron chi connectivity index (χ2n) is 35.1. The first-order valence-electron chi connectivity index (χ1n) is 50.8. The topological polar surface area (TPSA) is 155 Å². The van der Waals surface area contributed by atoms with Crippen molar-refractivity contribution in [1.29, 1.82) is 0 Å². The van der Waals surface area contributed by atoms with Gasteiger partial charge >= 0.3 is 29.1 Å². The fraction of sp³-hybridized carbons (Fsp3) is 0.980. The highest BCUT2D eigenvalue weighted by atomic mass is 32.2. The van der Waals surface area contributed by atoms with E-state index in [0.717, 1.165) is 206 Å². The number of aliphatic hydroxyl groups excluding tert-OH is 2. The third-order valence-corrected chi connectivity index (χ3v) is 28.6. The standard InChI is InChI=1S/2C49H101NO6SSi/c2*1-7-11-15-18-21-27-37-47(57-46-36-14-10-4)49(52)54-44-34-26-23-30-40-50(41-31-32-42-51)39-29-22-25-33-43-53-48(38-28-20-17-13-9-3)56-58(5,6)55-45-35-24-19-16-12-8-2/h2*47-48,51H,7-46H2,1-6H3. The molecule has 0 spiro atoms. The van der Waals surface area contributed by atoms with Crippen molar-refractivity contribution < 1.29 is 56.5 Å². The summed E-state index contributed by atoms with van der Waals surface area (Å²) in [5, 5.41) is 18.8. The molecule has 14 nitrogen and oxygen atoms in total. The van der Waals surface area contributed by atoms with Crippen LogP contribution in [0.4, 0.5) is 0 Å². The van der Waals surface area contributed by atoms with Gasteiger partial charge in [-0.2, -0.15) is 0 Å². The summed E-state index contributed by atoms with van der Waals surface area (Å²) in [5.74, 6) is 2.18. The largest absolute Gasteiger partial charge is 0.465 e. The Morgan fingerprint density at radius 3 is 0.776 bits per heavy atom. The molecule has 18 heteroatoms. The van der Waals surface area contributed by atoms with Gasteiger partial charge in [0.05, 0.1) is 13.2 Å². The number of nitrogens with zero attached hydrogens (tertiary/aromatic N) is 2. The number of ether oxygens (including phenoxy) is 4. The van der Waals surface area contributed by atoms with Crippen LogP contribution >= 0.6 is 23.5 Å². The van der Waals surface area contributed by atoms with Crippen molar-refractivity contribution in [1.82, 2.24) is 9.80 Å². The van der Waals surface area contributed by atoms with Crippen LogP contribution in [-0.2, 0) is 46.2 Å². The summed E-state index contributed by atoms with van der Waals surface area (Å²) in [6, 6.07) is 0. The molecule has 0 heterocycles. The minimum atomic E-state index is -2.24. The van der Waals surface area contributed by atoms with E-state index in [1.54, 1.807) is 0 Å². The Morgan fingerprint density at radius 1 is 0.267 bits per heavy atom. The summed E-state index contributed by atoms with van der Waals surface area (Å²) in [7, 11) is -4.47. The third-order valence-electron chi connectivity index (χ3n) is 22.4. The number of rotatable bonds is 96. The van der Waals surface area contributed by atoms with E-state index in [2.05, 4.69) is 91.4 Å². The van der Waals surface area contributed by atoms with E-state index in [1.165, 1.54) is 283 Å². The molecular weight excluding hydrogens is 1520 g/mol. The van der Waals surface area contributed by atoms with Crippen LogP contribution in [0.5, 0.6) is 0 Å². The van der Waals surface area contributed by atoms with Crippen molar-refractivity contribution in [3.05, 3.63) is 0 Å². The monoisotopic (exact) mass is 1720 g/mol. The van der Waals surface area contributed by atoms with Crippen LogP contribution in [0.25, 0.3) is 0 Å². The van der Waals surface area contributed by atoms with Crippen molar-refractivity contribution in [2.24, 2.45) is 0 Å². The summed E-state index contributed by atoms with van der Waals surface area (Å²) in [6.45, 7) is 38.2. The predicted octanol–water partition coefficient (Wildman–Crippen LogP) is 29.1. The Kier molecular flexibility index (Phi) is 95.2. The van der Waals surface area contributed by atoms with Crippen LogP contribution in [0.2, 0.25) is 26.2 Å². The van der Waals surface area contributed by atoms with Gasteiger partial charge in [0.1, 0.15) is 23.1 Å². The van der Waals surface area contributed by atoms with Crippen LogP contribution in [0.1, 0.15) is 466 Å². The summed E-state index contributed by atoms with van der Waals surface area (Å²) in [5.41, 5.74) is 0. The molecule has 0 aliphatic heterocycles. The maximum Gasteiger partial charge on any atom is 0.333 e. The molecule has 0 aromatic carbocycles. The summed E-state index contributed by atoms with van der Waals surface area (Å²) < 4.78 is 50.3. The molecule has 0 saturated carbocycles. The molecule has 0 rings (SSSR count). The van der Waals surface area contributed by atoms with Crippen LogP contribution in [0.3, 0.4) is 0 Å². The van der Waals surface area contributed by atoms with Gasteiger partial charge in [-0.1, -0.05) is 325 Å². The molecule has 0 saturated heterocycles. The smallest absolute Gasteiger partial charge is 0.333 e. The molecule has 4 atom stereocenters. The lowest BCUT2D eigenvalue weighted by Crippen LogP contribution is -2.40. The highest BCUT2D eigenvalue weighted by Gasteiger charge is 2.31. The first-order valence-corrected chi connectivity index (χ1v) is 58.5. The first-order chi connectivity index (χ1) is 56.7.